The predicted octanol–water partition coefficient (Wildman–Crippen LogP) is 2.11. The number of nitrogens with two attached hydrogens (primary N) is 1. The SMILES string of the molecule is CC(C)n1ncc(C2(CN)CC2)c1Cl. The van der Waals surface area contributed by atoms with Gasteiger partial charge in [0.1, 0.15) is 5.15 Å². The van der Waals surface area contributed by atoms with E-state index in [4.69, 9.17) is 17.3 Å². The van der Waals surface area contributed by atoms with E-state index in [9.17, 15) is 0 Å². The van der Waals surface area contributed by atoms with E-state index in [2.05, 4.69) is 18.9 Å². The van der Waals surface area contributed by atoms with Crippen LogP contribution in [0.1, 0.15) is 38.3 Å². The summed E-state index contributed by atoms with van der Waals surface area (Å²) in [7, 11) is 0. The predicted molar refractivity (Wildman–Crippen MR) is 57.6 cm³/mol. The third-order valence-corrected chi connectivity index (χ3v) is 3.42. The normalized spacial score (nSPS) is 18.9. The molecular formula is C10H16ClN3. The minimum absolute atomic E-state index is 0.143. The van der Waals surface area contributed by atoms with E-state index in [1.54, 1.807) is 0 Å². The Morgan fingerprint density at radius 1 is 1.64 bits per heavy atom. The fraction of sp³-hybridized carbons (Fsp3) is 0.700. The Morgan fingerprint density at radius 2 is 2.29 bits per heavy atom. The number of aromatic nitrogens is 2. The van der Waals surface area contributed by atoms with Crippen LogP contribution < -0.4 is 5.73 Å². The fourth-order valence-corrected chi connectivity index (χ4v) is 2.29. The lowest BCUT2D eigenvalue weighted by Crippen LogP contribution is -2.19. The highest BCUT2D eigenvalue weighted by molar-refractivity contribution is 6.30. The number of hydrogen-bond donors (Lipinski definition) is 1. The van der Waals surface area contributed by atoms with Crippen molar-refractivity contribution in [3.63, 3.8) is 0 Å². The maximum atomic E-state index is 6.27. The van der Waals surface area contributed by atoms with Crippen molar-refractivity contribution >= 4 is 11.6 Å². The van der Waals surface area contributed by atoms with Gasteiger partial charge in [-0.2, -0.15) is 5.10 Å². The summed E-state index contributed by atoms with van der Waals surface area (Å²) >= 11 is 6.27. The quantitative estimate of drug-likeness (QED) is 0.836. The summed E-state index contributed by atoms with van der Waals surface area (Å²) in [5.74, 6) is 0. The average molecular weight is 214 g/mol. The summed E-state index contributed by atoms with van der Waals surface area (Å²) in [6, 6.07) is 0.310. The molecule has 0 aromatic carbocycles. The van der Waals surface area contributed by atoms with Crippen molar-refractivity contribution < 1.29 is 0 Å². The summed E-state index contributed by atoms with van der Waals surface area (Å²) in [6.45, 7) is 4.83. The van der Waals surface area contributed by atoms with Crippen LogP contribution in [0.15, 0.2) is 6.20 Å². The molecule has 14 heavy (non-hydrogen) atoms. The van der Waals surface area contributed by atoms with Crippen molar-refractivity contribution in [3.05, 3.63) is 16.9 Å². The Bertz CT molecular complexity index is 339. The van der Waals surface area contributed by atoms with Crippen LogP contribution in [0, 0.1) is 0 Å². The smallest absolute Gasteiger partial charge is 0.131 e. The second kappa shape index (κ2) is 3.24. The van der Waals surface area contributed by atoms with Crippen molar-refractivity contribution in [1.29, 1.82) is 0 Å². The molecule has 0 radical (unpaired) electrons. The first-order valence-corrected chi connectivity index (χ1v) is 5.42. The van der Waals surface area contributed by atoms with E-state index in [0.29, 0.717) is 12.6 Å². The zero-order valence-corrected chi connectivity index (χ0v) is 9.38. The molecule has 0 aliphatic heterocycles. The average Bonchev–Trinajstić information content (AvgIpc) is 2.84. The van der Waals surface area contributed by atoms with Crippen molar-refractivity contribution in [1.82, 2.24) is 9.78 Å². The molecule has 0 atom stereocenters. The highest BCUT2D eigenvalue weighted by Gasteiger charge is 2.45. The van der Waals surface area contributed by atoms with Gasteiger partial charge in [0, 0.05) is 23.6 Å². The van der Waals surface area contributed by atoms with E-state index in [0.717, 1.165) is 23.6 Å². The first-order chi connectivity index (χ1) is 6.60. The molecule has 1 aromatic heterocycles. The number of nitrogens with zero attached hydrogens (tertiary/aromatic N) is 2. The zero-order chi connectivity index (χ0) is 10.3. The lowest BCUT2D eigenvalue weighted by molar-refractivity contribution is 0.532. The standard InChI is InChI=1S/C10H16ClN3/c1-7(2)14-9(11)8(5-13-14)10(6-12)3-4-10/h5,7H,3-4,6,12H2,1-2H3. The van der Waals surface area contributed by atoms with Gasteiger partial charge < -0.3 is 5.73 Å². The van der Waals surface area contributed by atoms with Gasteiger partial charge >= 0.3 is 0 Å². The van der Waals surface area contributed by atoms with E-state index in [-0.39, 0.29) is 5.41 Å². The second-order valence-electron chi connectivity index (χ2n) is 4.37. The van der Waals surface area contributed by atoms with Gasteiger partial charge in [-0.05, 0) is 26.7 Å². The molecule has 0 spiro atoms. The van der Waals surface area contributed by atoms with Crippen molar-refractivity contribution in [2.75, 3.05) is 6.54 Å². The van der Waals surface area contributed by atoms with Gasteiger partial charge in [0.05, 0.1) is 6.20 Å². The molecule has 1 aromatic rings. The van der Waals surface area contributed by atoms with Gasteiger partial charge in [-0.25, -0.2) is 0 Å². The van der Waals surface area contributed by atoms with Crippen LogP contribution in [-0.2, 0) is 5.41 Å². The Morgan fingerprint density at radius 3 is 2.64 bits per heavy atom. The number of halogens is 1. The zero-order valence-electron chi connectivity index (χ0n) is 8.63. The summed E-state index contributed by atoms with van der Waals surface area (Å²) in [6.07, 6.45) is 4.17. The maximum Gasteiger partial charge on any atom is 0.131 e. The summed E-state index contributed by atoms with van der Waals surface area (Å²) in [5, 5.41) is 5.07. The lowest BCUT2D eigenvalue weighted by Gasteiger charge is -2.12. The molecule has 3 nitrogen and oxygen atoms in total. The highest BCUT2D eigenvalue weighted by atomic mass is 35.5. The lowest BCUT2D eigenvalue weighted by atomic mass is 10.0. The van der Waals surface area contributed by atoms with Gasteiger partial charge in [0.25, 0.3) is 0 Å². The Labute approximate surface area is 89.2 Å². The maximum absolute atomic E-state index is 6.27. The molecule has 1 saturated carbocycles. The topological polar surface area (TPSA) is 43.8 Å². The van der Waals surface area contributed by atoms with Crippen LogP contribution >= 0.6 is 11.6 Å². The molecule has 0 unspecified atom stereocenters. The summed E-state index contributed by atoms with van der Waals surface area (Å²) < 4.78 is 1.85. The monoisotopic (exact) mass is 213 g/mol. The number of hydrogen-bond acceptors (Lipinski definition) is 2. The molecule has 0 amide bonds. The Kier molecular flexibility index (Phi) is 2.32. The summed E-state index contributed by atoms with van der Waals surface area (Å²) in [4.78, 5) is 0. The molecule has 78 valence electrons. The van der Waals surface area contributed by atoms with Crippen LogP contribution in [0.5, 0.6) is 0 Å². The van der Waals surface area contributed by atoms with Gasteiger partial charge in [-0.3, -0.25) is 4.68 Å². The molecule has 1 fully saturated rings. The number of rotatable bonds is 3. The highest BCUT2D eigenvalue weighted by Crippen LogP contribution is 2.49. The molecule has 4 heteroatoms. The first-order valence-electron chi connectivity index (χ1n) is 5.04. The Hall–Kier alpha value is -0.540. The molecular weight excluding hydrogens is 198 g/mol. The van der Waals surface area contributed by atoms with Crippen molar-refractivity contribution in [2.24, 2.45) is 5.73 Å². The van der Waals surface area contributed by atoms with Crippen LogP contribution in [0.25, 0.3) is 0 Å². The van der Waals surface area contributed by atoms with Crippen LogP contribution in [0.2, 0.25) is 5.15 Å². The minimum Gasteiger partial charge on any atom is -0.330 e. The minimum atomic E-state index is 0.143. The van der Waals surface area contributed by atoms with E-state index in [1.165, 1.54) is 0 Å². The van der Waals surface area contributed by atoms with Crippen LogP contribution in [0.4, 0.5) is 0 Å². The molecule has 0 bridgehead atoms. The Balaban J connectivity index is 2.36. The molecule has 2 rings (SSSR count). The van der Waals surface area contributed by atoms with Gasteiger partial charge in [-0.1, -0.05) is 11.6 Å². The molecule has 0 saturated heterocycles. The van der Waals surface area contributed by atoms with E-state index < -0.39 is 0 Å². The molecule has 1 aliphatic rings. The van der Waals surface area contributed by atoms with Gasteiger partial charge in [0.15, 0.2) is 0 Å². The van der Waals surface area contributed by atoms with Crippen LogP contribution in [0.3, 0.4) is 0 Å². The first kappa shape index (κ1) is 9.99. The molecule has 1 heterocycles. The van der Waals surface area contributed by atoms with Crippen molar-refractivity contribution in [2.45, 2.75) is 38.1 Å². The van der Waals surface area contributed by atoms with E-state index in [1.807, 2.05) is 10.9 Å². The summed E-state index contributed by atoms with van der Waals surface area (Å²) in [5.41, 5.74) is 7.04. The molecule has 2 N–H and O–H groups in total. The fourth-order valence-electron chi connectivity index (χ4n) is 1.80. The van der Waals surface area contributed by atoms with E-state index >= 15 is 0 Å². The van der Waals surface area contributed by atoms with Crippen molar-refractivity contribution in [3.8, 4) is 0 Å². The second-order valence-corrected chi connectivity index (χ2v) is 4.73. The van der Waals surface area contributed by atoms with Crippen LogP contribution in [-0.4, -0.2) is 16.3 Å². The largest absolute Gasteiger partial charge is 0.330 e. The van der Waals surface area contributed by atoms with Gasteiger partial charge in [-0.15, -0.1) is 0 Å². The third kappa shape index (κ3) is 1.35. The molecule has 1 aliphatic carbocycles. The van der Waals surface area contributed by atoms with Gasteiger partial charge in [0.2, 0.25) is 0 Å². The third-order valence-electron chi connectivity index (χ3n) is 3.04.